The maximum Gasteiger partial charge on any atom is 0.328 e. The van der Waals surface area contributed by atoms with Gasteiger partial charge in [-0.3, -0.25) is 21.4 Å². The van der Waals surface area contributed by atoms with Crippen LogP contribution >= 0.6 is 0 Å². The monoisotopic (exact) mass is 304 g/mol. The smallest absolute Gasteiger partial charge is 0.328 e. The van der Waals surface area contributed by atoms with Gasteiger partial charge in [-0.2, -0.15) is 0 Å². The second-order valence-electron chi connectivity index (χ2n) is 4.64. The van der Waals surface area contributed by atoms with E-state index in [9.17, 15) is 9.59 Å². The highest BCUT2D eigenvalue weighted by Gasteiger charge is 2.21. The molecule has 0 saturated heterocycles. The molecular weight excluding hydrogens is 276 g/mol. The zero-order valence-electron chi connectivity index (χ0n) is 12.6. The van der Waals surface area contributed by atoms with E-state index in [4.69, 9.17) is 22.0 Å². The second-order valence-corrected chi connectivity index (χ2v) is 4.64. The van der Waals surface area contributed by atoms with Crippen LogP contribution < -0.4 is 33.4 Å². The molecule has 0 aromatic rings. The summed E-state index contributed by atoms with van der Waals surface area (Å²) in [6.07, 6.45) is 2.17. The van der Waals surface area contributed by atoms with Crippen molar-refractivity contribution in [2.75, 3.05) is 19.7 Å². The lowest BCUT2D eigenvalue weighted by atomic mass is 10.1. The molecular formula is C12H28N6O3. The van der Waals surface area contributed by atoms with E-state index in [0.717, 1.165) is 12.8 Å². The van der Waals surface area contributed by atoms with Gasteiger partial charge in [0.05, 0.1) is 13.2 Å². The molecule has 0 aliphatic heterocycles. The van der Waals surface area contributed by atoms with Crippen LogP contribution in [0.2, 0.25) is 0 Å². The lowest BCUT2D eigenvalue weighted by Crippen LogP contribution is -2.48. The van der Waals surface area contributed by atoms with Gasteiger partial charge in [-0.25, -0.2) is 4.79 Å². The largest absolute Gasteiger partial charge is 0.464 e. The average molecular weight is 304 g/mol. The van der Waals surface area contributed by atoms with Crippen molar-refractivity contribution < 1.29 is 14.3 Å². The predicted molar refractivity (Wildman–Crippen MR) is 79.4 cm³/mol. The lowest BCUT2D eigenvalue weighted by Gasteiger charge is -2.18. The molecule has 0 unspecified atom stereocenters. The fourth-order valence-electron chi connectivity index (χ4n) is 1.58. The maximum absolute atomic E-state index is 11.9. The van der Waals surface area contributed by atoms with E-state index in [-0.39, 0.29) is 12.5 Å². The first kappa shape index (κ1) is 19.7. The molecule has 9 nitrogen and oxygen atoms in total. The van der Waals surface area contributed by atoms with Crippen molar-refractivity contribution in [1.29, 1.82) is 0 Å². The number of esters is 1. The molecule has 0 fully saturated rings. The standard InChI is InChI=1S/C12H28N6O3/c1-2-3-7-21-11(20)9(18-10(19)8-17-15)5-4-6-16-12(13)14/h9,12,16-17H,2-8,13-15H2,1H3,(H,18,19)/t9-/m0/s1. The number of hydrogen-bond acceptors (Lipinski definition) is 8. The summed E-state index contributed by atoms with van der Waals surface area (Å²) in [5.74, 6) is 4.27. The van der Waals surface area contributed by atoms with Crippen LogP contribution in [0, 0.1) is 0 Å². The Bertz CT molecular complexity index is 301. The second kappa shape index (κ2) is 12.5. The molecule has 0 spiro atoms. The number of hydrazine groups is 1. The van der Waals surface area contributed by atoms with Gasteiger partial charge in [0.25, 0.3) is 0 Å². The minimum atomic E-state index is -0.696. The highest BCUT2D eigenvalue weighted by molar-refractivity contribution is 5.85. The van der Waals surface area contributed by atoms with E-state index in [1.807, 2.05) is 6.92 Å². The van der Waals surface area contributed by atoms with Crippen molar-refractivity contribution in [1.82, 2.24) is 16.1 Å². The number of hydrogen-bond donors (Lipinski definition) is 6. The SMILES string of the molecule is CCCCOC(=O)[C@H](CCCNC(N)N)NC(=O)CNN. The number of carbonyl (C=O) groups excluding carboxylic acids is 2. The first-order chi connectivity index (χ1) is 10.0. The zero-order chi connectivity index (χ0) is 16.1. The normalized spacial score (nSPS) is 12.2. The number of amides is 1. The number of ether oxygens (including phenoxy) is 1. The van der Waals surface area contributed by atoms with Crippen LogP contribution in [0.1, 0.15) is 32.6 Å². The van der Waals surface area contributed by atoms with E-state index < -0.39 is 18.3 Å². The molecule has 0 aliphatic rings. The van der Waals surface area contributed by atoms with Crippen LogP contribution in [-0.4, -0.2) is 43.9 Å². The topological polar surface area (TPSA) is 158 Å². The summed E-state index contributed by atoms with van der Waals surface area (Å²) in [6, 6.07) is -0.696. The third-order valence-corrected chi connectivity index (χ3v) is 2.67. The van der Waals surface area contributed by atoms with Crippen LogP contribution in [0.4, 0.5) is 0 Å². The Kier molecular flexibility index (Phi) is 11.7. The van der Waals surface area contributed by atoms with Crippen molar-refractivity contribution in [3.8, 4) is 0 Å². The Morgan fingerprint density at radius 1 is 1.24 bits per heavy atom. The first-order valence-electron chi connectivity index (χ1n) is 7.15. The maximum atomic E-state index is 11.9. The molecule has 1 amide bonds. The molecule has 124 valence electrons. The third kappa shape index (κ3) is 11.1. The molecule has 0 saturated carbocycles. The molecule has 1 atom stereocenters. The van der Waals surface area contributed by atoms with Crippen molar-refractivity contribution in [2.24, 2.45) is 17.3 Å². The van der Waals surface area contributed by atoms with Crippen molar-refractivity contribution in [3.05, 3.63) is 0 Å². The van der Waals surface area contributed by atoms with Gasteiger partial charge >= 0.3 is 5.97 Å². The molecule has 0 bridgehead atoms. The van der Waals surface area contributed by atoms with E-state index in [1.165, 1.54) is 0 Å². The molecule has 0 heterocycles. The Hall–Kier alpha value is -1.26. The van der Waals surface area contributed by atoms with Crippen molar-refractivity contribution in [2.45, 2.75) is 44.9 Å². The molecule has 21 heavy (non-hydrogen) atoms. The zero-order valence-corrected chi connectivity index (χ0v) is 12.6. The van der Waals surface area contributed by atoms with Gasteiger partial charge in [0.2, 0.25) is 5.91 Å². The van der Waals surface area contributed by atoms with Crippen molar-refractivity contribution in [3.63, 3.8) is 0 Å². The average Bonchev–Trinajstić information content (AvgIpc) is 2.42. The number of rotatable bonds is 12. The van der Waals surface area contributed by atoms with Gasteiger partial charge in [-0.15, -0.1) is 0 Å². The molecule has 0 aromatic carbocycles. The summed E-state index contributed by atoms with van der Waals surface area (Å²) >= 11 is 0. The van der Waals surface area contributed by atoms with Gasteiger partial charge in [0.1, 0.15) is 12.3 Å². The first-order valence-corrected chi connectivity index (χ1v) is 7.15. The van der Waals surface area contributed by atoms with E-state index in [2.05, 4.69) is 16.1 Å². The van der Waals surface area contributed by atoms with Crippen LogP contribution in [-0.2, 0) is 14.3 Å². The minimum Gasteiger partial charge on any atom is -0.464 e. The predicted octanol–water partition coefficient (Wildman–Crippen LogP) is -2.15. The van der Waals surface area contributed by atoms with E-state index >= 15 is 0 Å². The van der Waals surface area contributed by atoms with Crippen LogP contribution in [0.5, 0.6) is 0 Å². The summed E-state index contributed by atoms with van der Waals surface area (Å²) < 4.78 is 5.13. The summed E-state index contributed by atoms with van der Waals surface area (Å²) in [4.78, 5) is 23.4. The van der Waals surface area contributed by atoms with Crippen LogP contribution in [0.3, 0.4) is 0 Å². The quantitative estimate of drug-likeness (QED) is 0.0783. The number of carbonyl (C=O) groups is 2. The minimum absolute atomic E-state index is 0.0648. The Morgan fingerprint density at radius 2 is 1.95 bits per heavy atom. The van der Waals surface area contributed by atoms with Crippen LogP contribution in [0.15, 0.2) is 0 Å². The molecule has 0 aliphatic carbocycles. The summed E-state index contributed by atoms with van der Waals surface area (Å²) in [5.41, 5.74) is 12.9. The molecule has 9 N–H and O–H groups in total. The Morgan fingerprint density at radius 3 is 2.52 bits per heavy atom. The van der Waals surface area contributed by atoms with Gasteiger partial charge < -0.3 is 21.5 Å². The Balaban J connectivity index is 4.25. The highest BCUT2D eigenvalue weighted by atomic mass is 16.5. The van der Waals surface area contributed by atoms with Gasteiger partial charge in [-0.05, 0) is 25.8 Å². The van der Waals surface area contributed by atoms with Crippen LogP contribution in [0.25, 0.3) is 0 Å². The molecule has 0 radical (unpaired) electrons. The molecule has 9 heteroatoms. The third-order valence-electron chi connectivity index (χ3n) is 2.67. The fraction of sp³-hybridized carbons (Fsp3) is 0.833. The Labute approximate surface area is 125 Å². The van der Waals surface area contributed by atoms with E-state index in [1.54, 1.807) is 0 Å². The summed E-state index contributed by atoms with van der Waals surface area (Å²) in [7, 11) is 0. The van der Waals surface area contributed by atoms with Gasteiger partial charge in [0.15, 0.2) is 0 Å². The number of nitrogens with one attached hydrogen (secondary N) is 3. The fourth-order valence-corrected chi connectivity index (χ4v) is 1.58. The lowest BCUT2D eigenvalue weighted by molar-refractivity contribution is -0.148. The molecule has 0 aromatic heterocycles. The van der Waals surface area contributed by atoms with E-state index in [0.29, 0.717) is 26.0 Å². The van der Waals surface area contributed by atoms with Gasteiger partial charge in [0, 0.05) is 0 Å². The number of unbranched alkanes of at least 4 members (excludes halogenated alkanes) is 1. The summed E-state index contributed by atoms with van der Waals surface area (Å²) in [5, 5.41) is 5.42. The number of nitrogens with two attached hydrogens (primary N) is 3. The summed E-state index contributed by atoms with van der Waals surface area (Å²) in [6.45, 7) is 2.83. The van der Waals surface area contributed by atoms with Gasteiger partial charge in [-0.1, -0.05) is 13.3 Å². The molecule has 0 rings (SSSR count). The van der Waals surface area contributed by atoms with Crippen molar-refractivity contribution >= 4 is 11.9 Å². The highest BCUT2D eigenvalue weighted by Crippen LogP contribution is 2.01.